The Bertz CT molecular complexity index is 873. The molecule has 1 unspecified atom stereocenters. The zero-order valence-electron chi connectivity index (χ0n) is 18.6. The molecule has 0 N–H and O–H groups in total. The van der Waals surface area contributed by atoms with Crippen LogP contribution in [-0.2, 0) is 16.1 Å². The highest BCUT2D eigenvalue weighted by atomic mass is 16.5. The first kappa shape index (κ1) is 23.1. The third-order valence-electron chi connectivity index (χ3n) is 5.20. The van der Waals surface area contributed by atoms with Crippen LogP contribution >= 0.6 is 0 Å². The maximum Gasteiger partial charge on any atom is 0.261 e. The molecule has 0 saturated carbocycles. The Morgan fingerprint density at radius 3 is 2.48 bits per heavy atom. The molecule has 6 heteroatoms. The number of benzene rings is 1. The van der Waals surface area contributed by atoms with E-state index in [1.165, 1.54) is 0 Å². The van der Waals surface area contributed by atoms with Gasteiger partial charge in [0.1, 0.15) is 5.82 Å². The van der Waals surface area contributed by atoms with Crippen molar-refractivity contribution in [1.29, 1.82) is 0 Å². The number of nitrogens with zero attached hydrogens (tertiary/aromatic N) is 3. The topological polar surface area (TPSA) is 64.4 Å². The van der Waals surface area contributed by atoms with E-state index < -0.39 is 0 Å². The van der Waals surface area contributed by atoms with Crippen molar-refractivity contribution < 1.29 is 9.53 Å². The molecule has 160 valence electrons. The SMILES string of the molecule is CCC(c1nc2ccccc2c(=O)n1CCOC)N(CCC(C)C)C(=O)C(C)C. The first-order valence-corrected chi connectivity index (χ1v) is 10.6. The average Bonchev–Trinajstić information content (AvgIpc) is 2.69. The van der Waals surface area contributed by atoms with Crippen molar-refractivity contribution in [2.45, 2.75) is 60.0 Å². The smallest absolute Gasteiger partial charge is 0.261 e. The number of methoxy groups -OCH3 is 1. The molecule has 29 heavy (non-hydrogen) atoms. The fraction of sp³-hybridized carbons (Fsp3) is 0.609. The summed E-state index contributed by atoms with van der Waals surface area (Å²) in [5, 5.41) is 0.589. The van der Waals surface area contributed by atoms with Gasteiger partial charge in [-0.25, -0.2) is 4.98 Å². The third-order valence-corrected chi connectivity index (χ3v) is 5.20. The number of fused-ring (bicyclic) bond motifs is 1. The first-order valence-electron chi connectivity index (χ1n) is 10.6. The normalized spacial score (nSPS) is 12.7. The molecule has 1 heterocycles. The van der Waals surface area contributed by atoms with Gasteiger partial charge in [-0.3, -0.25) is 14.2 Å². The van der Waals surface area contributed by atoms with Gasteiger partial charge in [0, 0.05) is 19.6 Å². The maximum absolute atomic E-state index is 13.2. The quantitative estimate of drug-likeness (QED) is 0.603. The number of carbonyl (C=O) groups excluding carboxylic acids is 1. The van der Waals surface area contributed by atoms with Crippen LogP contribution in [0.2, 0.25) is 0 Å². The molecule has 0 aliphatic rings. The standard InChI is InChI=1S/C23H35N3O3/c1-7-20(25(13-12-16(2)3)22(27)17(4)5)21-24-19-11-9-8-10-18(19)23(28)26(21)14-15-29-6/h8-11,16-17,20H,7,12-15H2,1-6H3. The Labute approximate surface area is 173 Å². The summed E-state index contributed by atoms with van der Waals surface area (Å²) >= 11 is 0. The molecule has 1 amide bonds. The van der Waals surface area contributed by atoms with E-state index in [9.17, 15) is 9.59 Å². The van der Waals surface area contributed by atoms with Crippen LogP contribution in [0.4, 0.5) is 0 Å². The molecule has 1 aromatic carbocycles. The predicted molar refractivity (Wildman–Crippen MR) is 117 cm³/mol. The Balaban J connectivity index is 2.63. The van der Waals surface area contributed by atoms with Crippen molar-refractivity contribution in [2.75, 3.05) is 20.3 Å². The van der Waals surface area contributed by atoms with Gasteiger partial charge in [0.05, 0.1) is 30.1 Å². The number of ether oxygens (including phenoxy) is 1. The molecule has 0 spiro atoms. The van der Waals surface area contributed by atoms with Gasteiger partial charge in [0.15, 0.2) is 0 Å². The number of hydrogen-bond acceptors (Lipinski definition) is 4. The monoisotopic (exact) mass is 401 g/mol. The Morgan fingerprint density at radius 1 is 1.21 bits per heavy atom. The number of amides is 1. The molecule has 0 aliphatic carbocycles. The summed E-state index contributed by atoms with van der Waals surface area (Å²) in [7, 11) is 1.62. The van der Waals surface area contributed by atoms with E-state index in [0.29, 0.717) is 48.8 Å². The molecule has 2 aromatic rings. The third kappa shape index (κ3) is 5.44. The van der Waals surface area contributed by atoms with E-state index in [0.717, 1.165) is 6.42 Å². The minimum Gasteiger partial charge on any atom is -0.383 e. The number of carbonyl (C=O) groups is 1. The highest BCUT2D eigenvalue weighted by Crippen LogP contribution is 2.26. The number of hydrogen-bond donors (Lipinski definition) is 0. The van der Waals surface area contributed by atoms with E-state index in [-0.39, 0.29) is 23.4 Å². The van der Waals surface area contributed by atoms with Gasteiger partial charge in [0.2, 0.25) is 5.91 Å². The van der Waals surface area contributed by atoms with E-state index in [1.54, 1.807) is 17.7 Å². The van der Waals surface area contributed by atoms with Crippen molar-refractivity contribution in [3.05, 3.63) is 40.4 Å². The van der Waals surface area contributed by atoms with Crippen LogP contribution in [0.5, 0.6) is 0 Å². The summed E-state index contributed by atoms with van der Waals surface area (Å²) in [6.07, 6.45) is 1.60. The maximum atomic E-state index is 13.2. The zero-order valence-corrected chi connectivity index (χ0v) is 18.6. The van der Waals surface area contributed by atoms with Crippen molar-refractivity contribution in [3.8, 4) is 0 Å². The van der Waals surface area contributed by atoms with Crippen LogP contribution in [0.1, 0.15) is 59.3 Å². The van der Waals surface area contributed by atoms with Crippen molar-refractivity contribution in [2.24, 2.45) is 11.8 Å². The Morgan fingerprint density at radius 2 is 1.90 bits per heavy atom. The van der Waals surface area contributed by atoms with Gasteiger partial charge >= 0.3 is 0 Å². The minimum atomic E-state index is -0.252. The molecule has 2 rings (SSSR count). The largest absolute Gasteiger partial charge is 0.383 e. The van der Waals surface area contributed by atoms with Gasteiger partial charge in [-0.15, -0.1) is 0 Å². The van der Waals surface area contributed by atoms with Crippen LogP contribution in [0.3, 0.4) is 0 Å². The molecule has 0 saturated heterocycles. The second kappa shape index (κ2) is 10.5. The summed E-state index contributed by atoms with van der Waals surface area (Å²) in [4.78, 5) is 33.1. The lowest BCUT2D eigenvalue weighted by molar-refractivity contribution is -0.137. The molecule has 0 bridgehead atoms. The average molecular weight is 402 g/mol. The highest BCUT2D eigenvalue weighted by Gasteiger charge is 2.29. The van der Waals surface area contributed by atoms with Crippen LogP contribution in [-0.4, -0.2) is 40.6 Å². The molecular formula is C23H35N3O3. The molecule has 6 nitrogen and oxygen atoms in total. The van der Waals surface area contributed by atoms with Gasteiger partial charge in [0.25, 0.3) is 5.56 Å². The number of aromatic nitrogens is 2. The van der Waals surface area contributed by atoms with Crippen molar-refractivity contribution >= 4 is 16.8 Å². The van der Waals surface area contributed by atoms with Gasteiger partial charge in [-0.05, 0) is 30.9 Å². The lowest BCUT2D eigenvalue weighted by Crippen LogP contribution is -2.41. The van der Waals surface area contributed by atoms with Crippen LogP contribution < -0.4 is 5.56 Å². The minimum absolute atomic E-state index is 0.0816. The Hall–Kier alpha value is -2.21. The van der Waals surface area contributed by atoms with Crippen LogP contribution in [0, 0.1) is 11.8 Å². The van der Waals surface area contributed by atoms with Crippen LogP contribution in [0.25, 0.3) is 10.9 Å². The van der Waals surface area contributed by atoms with Crippen molar-refractivity contribution in [1.82, 2.24) is 14.5 Å². The summed E-state index contributed by atoms with van der Waals surface area (Å²) in [6.45, 7) is 11.7. The van der Waals surface area contributed by atoms with Gasteiger partial charge in [-0.2, -0.15) is 0 Å². The zero-order chi connectivity index (χ0) is 21.6. The number of para-hydroxylation sites is 1. The van der Waals surface area contributed by atoms with E-state index >= 15 is 0 Å². The Kier molecular flexibility index (Phi) is 8.38. The van der Waals surface area contributed by atoms with Crippen molar-refractivity contribution in [3.63, 3.8) is 0 Å². The molecule has 1 aromatic heterocycles. The van der Waals surface area contributed by atoms with Crippen LogP contribution in [0.15, 0.2) is 29.1 Å². The fourth-order valence-corrected chi connectivity index (χ4v) is 3.53. The first-order chi connectivity index (χ1) is 13.8. The molecule has 0 aliphatic heterocycles. The molecule has 0 radical (unpaired) electrons. The molecule has 1 atom stereocenters. The summed E-state index contributed by atoms with van der Waals surface area (Å²) in [5.41, 5.74) is 0.585. The second-order valence-electron chi connectivity index (χ2n) is 8.23. The van der Waals surface area contributed by atoms with E-state index in [1.807, 2.05) is 43.9 Å². The lowest BCUT2D eigenvalue weighted by atomic mass is 10.0. The lowest BCUT2D eigenvalue weighted by Gasteiger charge is -2.34. The van der Waals surface area contributed by atoms with Gasteiger partial charge < -0.3 is 9.64 Å². The highest BCUT2D eigenvalue weighted by molar-refractivity contribution is 5.79. The summed E-state index contributed by atoms with van der Waals surface area (Å²) < 4.78 is 6.93. The second-order valence-corrected chi connectivity index (χ2v) is 8.23. The van der Waals surface area contributed by atoms with Gasteiger partial charge in [-0.1, -0.05) is 46.8 Å². The molecular weight excluding hydrogens is 366 g/mol. The molecule has 0 fully saturated rings. The van der Waals surface area contributed by atoms with E-state index in [4.69, 9.17) is 9.72 Å². The predicted octanol–water partition coefficient (Wildman–Crippen LogP) is 4.02. The number of rotatable bonds is 10. The summed E-state index contributed by atoms with van der Waals surface area (Å²) in [5.74, 6) is 1.11. The van der Waals surface area contributed by atoms with E-state index in [2.05, 4.69) is 13.8 Å². The fourth-order valence-electron chi connectivity index (χ4n) is 3.53. The summed E-state index contributed by atoms with van der Waals surface area (Å²) in [6, 6.07) is 7.14.